The van der Waals surface area contributed by atoms with Gasteiger partial charge in [-0.25, -0.2) is 0 Å². The lowest BCUT2D eigenvalue weighted by Gasteiger charge is -2.08. The number of esters is 1. The minimum Gasteiger partial charge on any atom is -0.451 e. The van der Waals surface area contributed by atoms with E-state index in [1.54, 1.807) is 0 Å². The molecule has 5 nitrogen and oxygen atoms in total. The first-order valence-electron chi connectivity index (χ1n) is 3.62. The number of imide groups is 1. The molecule has 0 bridgehead atoms. The Morgan fingerprint density at radius 3 is 2.69 bits per heavy atom. The second kappa shape index (κ2) is 3.87. The van der Waals surface area contributed by atoms with E-state index in [0.717, 1.165) is 4.90 Å². The summed E-state index contributed by atoms with van der Waals surface area (Å²) in [5, 5.41) is 0.0225. The Morgan fingerprint density at radius 2 is 2.31 bits per heavy atom. The summed E-state index contributed by atoms with van der Waals surface area (Å²) in [5.41, 5.74) is 0. The number of ether oxygens (including phenoxy) is 1. The van der Waals surface area contributed by atoms with Gasteiger partial charge in [0.1, 0.15) is 5.33 Å². The molecule has 2 amide bonds. The average Bonchev–Trinajstić information content (AvgIpc) is 2.34. The molecule has 0 radical (unpaired) electrons. The van der Waals surface area contributed by atoms with Gasteiger partial charge < -0.3 is 4.74 Å². The number of amides is 2. The maximum absolute atomic E-state index is 11.2. The van der Waals surface area contributed by atoms with Crippen molar-refractivity contribution in [2.45, 2.75) is 12.5 Å². The summed E-state index contributed by atoms with van der Waals surface area (Å²) >= 11 is 2.89. The summed E-state index contributed by atoms with van der Waals surface area (Å²) in [6, 6.07) is 0. The van der Waals surface area contributed by atoms with E-state index in [1.807, 2.05) is 0 Å². The number of alkyl halides is 1. The number of halogens is 1. The Morgan fingerprint density at radius 1 is 1.69 bits per heavy atom. The summed E-state index contributed by atoms with van der Waals surface area (Å²) < 4.78 is 4.72. The highest BCUT2D eigenvalue weighted by Crippen LogP contribution is 2.14. The first kappa shape index (κ1) is 10.2. The molecule has 1 aliphatic rings. The Bertz CT molecular complexity index is 265. The summed E-state index contributed by atoms with van der Waals surface area (Å²) in [4.78, 5) is 33.9. The highest BCUT2D eigenvalue weighted by molar-refractivity contribution is 9.09. The quantitative estimate of drug-likeness (QED) is 0.383. The number of rotatable bonds is 2. The van der Waals surface area contributed by atoms with Gasteiger partial charge in [0.05, 0.1) is 6.42 Å². The van der Waals surface area contributed by atoms with Gasteiger partial charge in [-0.2, -0.15) is 0 Å². The zero-order valence-corrected chi connectivity index (χ0v) is 8.54. The van der Waals surface area contributed by atoms with Crippen LogP contribution in [0, 0.1) is 0 Å². The number of likely N-dealkylation sites (N-methyl/N-ethyl adjacent to an activating group) is 1. The molecule has 0 aromatic heterocycles. The molecule has 0 aromatic carbocycles. The van der Waals surface area contributed by atoms with Crippen LogP contribution in [0.4, 0.5) is 0 Å². The van der Waals surface area contributed by atoms with Gasteiger partial charge in [-0.05, 0) is 0 Å². The van der Waals surface area contributed by atoms with Crippen molar-refractivity contribution in [1.82, 2.24) is 4.90 Å². The third-order valence-electron chi connectivity index (χ3n) is 1.72. The molecule has 0 aliphatic carbocycles. The molecule has 1 unspecified atom stereocenters. The van der Waals surface area contributed by atoms with Crippen molar-refractivity contribution >= 4 is 33.7 Å². The minimum absolute atomic E-state index is 0.0225. The van der Waals surface area contributed by atoms with Gasteiger partial charge in [-0.1, -0.05) is 15.9 Å². The predicted molar refractivity (Wildman–Crippen MR) is 46.1 cm³/mol. The Balaban J connectivity index is 2.59. The van der Waals surface area contributed by atoms with E-state index in [9.17, 15) is 14.4 Å². The van der Waals surface area contributed by atoms with E-state index in [0.29, 0.717) is 0 Å². The van der Waals surface area contributed by atoms with E-state index in [1.165, 1.54) is 7.05 Å². The molecule has 0 spiro atoms. The molecule has 0 aromatic rings. The molecular weight excluding hydrogens is 242 g/mol. The van der Waals surface area contributed by atoms with Crippen LogP contribution in [0.3, 0.4) is 0 Å². The van der Waals surface area contributed by atoms with E-state index >= 15 is 0 Å². The lowest BCUT2D eigenvalue weighted by Crippen LogP contribution is -2.30. The molecule has 6 heteroatoms. The first-order valence-corrected chi connectivity index (χ1v) is 4.74. The summed E-state index contributed by atoms with van der Waals surface area (Å²) in [5.74, 6) is -1.32. The number of likely N-dealkylation sites (tertiary alicyclic amines) is 1. The fourth-order valence-electron chi connectivity index (χ4n) is 1.00. The molecule has 0 N–H and O–H groups in total. The maximum Gasteiger partial charge on any atom is 0.317 e. The fraction of sp³-hybridized carbons (Fsp3) is 0.571. The van der Waals surface area contributed by atoms with Crippen molar-refractivity contribution in [3.63, 3.8) is 0 Å². The van der Waals surface area contributed by atoms with E-state index in [2.05, 4.69) is 15.9 Å². The van der Waals surface area contributed by atoms with Gasteiger partial charge in [0.25, 0.3) is 5.91 Å². The highest BCUT2D eigenvalue weighted by Gasteiger charge is 2.38. The minimum atomic E-state index is -0.928. The Hall–Kier alpha value is -0.910. The van der Waals surface area contributed by atoms with Crippen molar-refractivity contribution in [1.29, 1.82) is 0 Å². The number of nitrogens with zero attached hydrogens (tertiary/aromatic N) is 1. The standard InChI is InChI=1S/C7H8BrNO4/c1-9-5(10)2-4(7(9)12)13-6(11)3-8/h4H,2-3H2,1H3. The molecule has 1 aliphatic heterocycles. The summed E-state index contributed by atoms with van der Waals surface area (Å²) in [6.45, 7) is 0. The molecule has 72 valence electrons. The second-order valence-electron chi connectivity index (χ2n) is 2.61. The third-order valence-corrected chi connectivity index (χ3v) is 2.18. The van der Waals surface area contributed by atoms with E-state index in [-0.39, 0.29) is 17.7 Å². The van der Waals surface area contributed by atoms with Crippen LogP contribution in [0.5, 0.6) is 0 Å². The molecule has 1 heterocycles. The Kier molecular flexibility index (Phi) is 3.02. The number of hydrogen-bond acceptors (Lipinski definition) is 4. The van der Waals surface area contributed by atoms with Crippen molar-refractivity contribution in [3.8, 4) is 0 Å². The SMILES string of the molecule is CN1C(=O)CC(OC(=O)CBr)C1=O. The van der Waals surface area contributed by atoms with Crippen LogP contribution in [-0.2, 0) is 19.1 Å². The predicted octanol–water partition coefficient (Wildman–Crippen LogP) is -0.318. The van der Waals surface area contributed by atoms with Gasteiger partial charge >= 0.3 is 5.97 Å². The van der Waals surface area contributed by atoms with Crippen LogP contribution in [0.25, 0.3) is 0 Å². The van der Waals surface area contributed by atoms with Crippen molar-refractivity contribution in [2.75, 3.05) is 12.4 Å². The van der Waals surface area contributed by atoms with Gasteiger partial charge in [-0.15, -0.1) is 0 Å². The normalized spacial score (nSPS) is 22.3. The molecule has 0 saturated carbocycles. The van der Waals surface area contributed by atoms with Crippen LogP contribution in [0.1, 0.15) is 6.42 Å². The summed E-state index contributed by atoms with van der Waals surface area (Å²) in [6.07, 6.45) is -0.976. The van der Waals surface area contributed by atoms with Gasteiger partial charge in [0.15, 0.2) is 6.10 Å². The first-order chi connectivity index (χ1) is 6.06. The molecule has 1 rings (SSSR count). The fourth-order valence-corrected chi connectivity index (χ4v) is 1.14. The number of carbonyl (C=O) groups excluding carboxylic acids is 3. The monoisotopic (exact) mass is 249 g/mol. The molecule has 13 heavy (non-hydrogen) atoms. The maximum atomic E-state index is 11.2. The Labute approximate surface area is 83.1 Å². The van der Waals surface area contributed by atoms with Crippen molar-refractivity contribution in [3.05, 3.63) is 0 Å². The van der Waals surface area contributed by atoms with Crippen LogP contribution < -0.4 is 0 Å². The van der Waals surface area contributed by atoms with Crippen LogP contribution in [-0.4, -0.2) is 41.2 Å². The van der Waals surface area contributed by atoms with Crippen LogP contribution >= 0.6 is 15.9 Å². The largest absolute Gasteiger partial charge is 0.451 e. The highest BCUT2D eigenvalue weighted by atomic mass is 79.9. The average molecular weight is 250 g/mol. The zero-order valence-electron chi connectivity index (χ0n) is 6.95. The molecular formula is C7H8BrNO4. The van der Waals surface area contributed by atoms with Crippen LogP contribution in [0.2, 0.25) is 0 Å². The number of hydrogen-bond donors (Lipinski definition) is 0. The second-order valence-corrected chi connectivity index (χ2v) is 3.17. The molecule has 1 fully saturated rings. The molecule has 1 saturated heterocycles. The lowest BCUT2D eigenvalue weighted by molar-refractivity contribution is -0.153. The summed E-state index contributed by atoms with van der Waals surface area (Å²) in [7, 11) is 1.37. The molecule has 1 atom stereocenters. The van der Waals surface area contributed by atoms with Crippen molar-refractivity contribution in [2.24, 2.45) is 0 Å². The number of carbonyl (C=O) groups is 3. The smallest absolute Gasteiger partial charge is 0.317 e. The zero-order chi connectivity index (χ0) is 10.0. The topological polar surface area (TPSA) is 63.7 Å². The van der Waals surface area contributed by atoms with E-state index < -0.39 is 18.0 Å². The third kappa shape index (κ3) is 2.06. The van der Waals surface area contributed by atoms with Gasteiger partial charge in [0.2, 0.25) is 5.91 Å². The van der Waals surface area contributed by atoms with Gasteiger partial charge in [-0.3, -0.25) is 19.3 Å². The van der Waals surface area contributed by atoms with Crippen molar-refractivity contribution < 1.29 is 19.1 Å². The lowest BCUT2D eigenvalue weighted by atomic mass is 10.3. The van der Waals surface area contributed by atoms with E-state index in [4.69, 9.17) is 4.74 Å². The van der Waals surface area contributed by atoms with Gasteiger partial charge in [0, 0.05) is 7.05 Å². The van der Waals surface area contributed by atoms with Crippen LogP contribution in [0.15, 0.2) is 0 Å².